The molecule has 0 saturated carbocycles. The second-order valence-electron chi connectivity index (χ2n) is 10.8. The Bertz CT molecular complexity index is 1350. The minimum Gasteiger partial charge on any atom is -0.485 e. The Hall–Kier alpha value is -4.12. The minimum absolute atomic E-state index is 0.513. The van der Waals surface area contributed by atoms with Crippen LogP contribution in [0.2, 0.25) is 0 Å². The zero-order valence-corrected chi connectivity index (χ0v) is 24.9. The zero-order chi connectivity index (χ0) is 29.4. The van der Waals surface area contributed by atoms with Crippen LogP contribution in [0.1, 0.15) is 42.0 Å². The molecule has 0 radical (unpaired) electrons. The van der Waals surface area contributed by atoms with E-state index in [1.165, 1.54) is 24.0 Å². The average molecular weight is 561 g/mol. The normalized spacial score (nSPS) is 13.5. The van der Waals surface area contributed by atoms with Crippen LogP contribution in [0.5, 0.6) is 11.5 Å². The lowest BCUT2D eigenvalue weighted by Crippen LogP contribution is -2.41. The monoisotopic (exact) mass is 560 g/mol. The van der Waals surface area contributed by atoms with Crippen LogP contribution in [0.3, 0.4) is 0 Å². The highest BCUT2D eigenvalue weighted by Gasteiger charge is 2.19. The van der Waals surface area contributed by atoms with Crippen molar-refractivity contribution >= 4 is 0 Å². The van der Waals surface area contributed by atoms with Crippen molar-refractivity contribution in [1.82, 2.24) is 10.2 Å². The summed E-state index contributed by atoms with van der Waals surface area (Å²) >= 11 is 0. The lowest BCUT2D eigenvalue weighted by Gasteiger charge is -2.32. The highest BCUT2D eigenvalue weighted by molar-refractivity contribution is 5.43. The summed E-state index contributed by atoms with van der Waals surface area (Å²) in [6, 6.07) is 38.1. The van der Waals surface area contributed by atoms with Gasteiger partial charge in [0, 0.05) is 19.1 Å². The number of nitrogens with zero attached hydrogens (tertiary/aromatic N) is 1. The average Bonchev–Trinajstić information content (AvgIpc) is 3.04. The molecule has 1 heterocycles. The molecular formula is C38H44N2O2. The Kier molecular flexibility index (Phi) is 12.5. The standard InChI is InChI=1S/C33H36N2O2.C5H8/c1-4-10-27(11-5-1)24-35-20-18-31(19-21-35)34-23-30-16-17-32(36-25-28-12-6-2-7-13-28)33(22-30)37-26-29-14-8-3-9-15-29;1-4-5(2)3/h1-17,22,31,34H,18-21,23-26H2;4H,1-2H2,3H3. The lowest BCUT2D eigenvalue weighted by molar-refractivity contribution is 0.190. The predicted octanol–water partition coefficient (Wildman–Crippen LogP) is 8.35. The molecule has 0 spiro atoms. The minimum atomic E-state index is 0.513. The van der Waals surface area contributed by atoms with Crippen molar-refractivity contribution in [3.05, 3.63) is 156 Å². The van der Waals surface area contributed by atoms with Gasteiger partial charge in [-0.1, -0.05) is 122 Å². The van der Waals surface area contributed by atoms with Gasteiger partial charge in [-0.25, -0.2) is 0 Å². The molecule has 0 amide bonds. The van der Waals surface area contributed by atoms with Crippen LogP contribution in [-0.4, -0.2) is 24.0 Å². The third kappa shape index (κ3) is 10.7. The molecule has 4 nitrogen and oxygen atoms in total. The van der Waals surface area contributed by atoms with Crippen molar-refractivity contribution in [2.24, 2.45) is 0 Å². The molecule has 1 aliphatic rings. The van der Waals surface area contributed by atoms with E-state index in [-0.39, 0.29) is 0 Å². The largest absolute Gasteiger partial charge is 0.485 e. The summed E-state index contributed by atoms with van der Waals surface area (Å²) in [4.78, 5) is 2.56. The third-order valence-corrected chi connectivity index (χ3v) is 7.26. The molecule has 218 valence electrons. The molecule has 1 fully saturated rings. The number of ether oxygens (including phenoxy) is 2. The molecule has 0 aliphatic carbocycles. The number of nitrogens with one attached hydrogen (secondary N) is 1. The van der Waals surface area contributed by atoms with Crippen LogP contribution in [-0.2, 0) is 26.3 Å². The van der Waals surface area contributed by atoms with Crippen LogP contribution in [0.25, 0.3) is 0 Å². The summed E-state index contributed by atoms with van der Waals surface area (Å²) in [5.74, 6) is 1.56. The number of hydrogen-bond acceptors (Lipinski definition) is 4. The molecule has 0 bridgehead atoms. The van der Waals surface area contributed by atoms with Gasteiger partial charge < -0.3 is 14.8 Å². The van der Waals surface area contributed by atoms with Gasteiger partial charge in [0.15, 0.2) is 11.5 Å². The Labute approximate surface area is 252 Å². The van der Waals surface area contributed by atoms with Crippen molar-refractivity contribution in [3.8, 4) is 11.5 Å². The lowest BCUT2D eigenvalue weighted by atomic mass is 10.0. The van der Waals surface area contributed by atoms with E-state index in [0.717, 1.165) is 54.4 Å². The molecule has 4 aromatic rings. The topological polar surface area (TPSA) is 33.7 Å². The number of allylic oxidation sites excluding steroid dienone is 2. The van der Waals surface area contributed by atoms with Crippen molar-refractivity contribution in [2.45, 2.75) is 52.1 Å². The van der Waals surface area contributed by atoms with E-state index in [0.29, 0.717) is 19.3 Å². The van der Waals surface area contributed by atoms with Crippen LogP contribution in [0, 0.1) is 0 Å². The fourth-order valence-corrected chi connectivity index (χ4v) is 4.76. The molecular weight excluding hydrogens is 516 g/mol. The molecule has 1 saturated heterocycles. The Balaban J connectivity index is 0.000000748. The number of piperidine rings is 1. The highest BCUT2D eigenvalue weighted by Crippen LogP contribution is 2.30. The summed E-state index contributed by atoms with van der Waals surface area (Å²) in [6.07, 6.45) is 4.06. The van der Waals surface area contributed by atoms with Gasteiger partial charge in [0.25, 0.3) is 0 Å². The van der Waals surface area contributed by atoms with Gasteiger partial charge in [-0.15, -0.1) is 0 Å². The maximum Gasteiger partial charge on any atom is 0.162 e. The Morgan fingerprint density at radius 1 is 0.738 bits per heavy atom. The van der Waals surface area contributed by atoms with Crippen molar-refractivity contribution in [3.63, 3.8) is 0 Å². The predicted molar refractivity (Wildman–Crippen MR) is 175 cm³/mol. The summed E-state index contributed by atoms with van der Waals surface area (Å²) in [5.41, 5.74) is 5.90. The van der Waals surface area contributed by atoms with E-state index in [2.05, 4.69) is 90.1 Å². The van der Waals surface area contributed by atoms with Gasteiger partial charge in [-0.05, 0) is 67.2 Å². The molecule has 1 N–H and O–H groups in total. The maximum absolute atomic E-state index is 6.26. The number of hydrogen-bond donors (Lipinski definition) is 1. The van der Waals surface area contributed by atoms with E-state index in [4.69, 9.17) is 9.47 Å². The highest BCUT2D eigenvalue weighted by atomic mass is 16.5. The molecule has 42 heavy (non-hydrogen) atoms. The van der Waals surface area contributed by atoms with E-state index >= 15 is 0 Å². The summed E-state index contributed by atoms with van der Waals surface area (Å²) in [6.45, 7) is 14.1. The quantitative estimate of drug-likeness (QED) is 0.177. The number of benzene rings is 4. The van der Waals surface area contributed by atoms with Crippen molar-refractivity contribution in [2.75, 3.05) is 13.1 Å². The summed E-state index contributed by atoms with van der Waals surface area (Å²) in [7, 11) is 0. The smallest absolute Gasteiger partial charge is 0.162 e. The van der Waals surface area contributed by atoms with E-state index in [1.807, 2.05) is 49.4 Å². The van der Waals surface area contributed by atoms with E-state index in [1.54, 1.807) is 6.08 Å². The molecule has 4 heteroatoms. The fourth-order valence-electron chi connectivity index (χ4n) is 4.76. The van der Waals surface area contributed by atoms with Gasteiger partial charge in [0.1, 0.15) is 13.2 Å². The first-order chi connectivity index (χ1) is 20.6. The van der Waals surface area contributed by atoms with Crippen LogP contribution in [0.15, 0.2) is 134 Å². The number of likely N-dealkylation sites (tertiary alicyclic amines) is 1. The molecule has 4 aromatic carbocycles. The van der Waals surface area contributed by atoms with Gasteiger partial charge in [-0.2, -0.15) is 0 Å². The maximum atomic E-state index is 6.26. The SMILES string of the molecule is C=CC(=C)C.c1ccc(COc2ccc(CNC3CCN(Cc4ccccc4)CC3)cc2OCc2ccccc2)cc1. The van der Waals surface area contributed by atoms with Gasteiger partial charge in [-0.3, -0.25) is 4.90 Å². The fraction of sp³-hybridized carbons (Fsp3) is 0.263. The van der Waals surface area contributed by atoms with E-state index in [9.17, 15) is 0 Å². The Morgan fingerprint density at radius 3 is 1.76 bits per heavy atom. The molecule has 0 unspecified atom stereocenters. The second kappa shape index (κ2) is 17.0. The van der Waals surface area contributed by atoms with E-state index < -0.39 is 0 Å². The first kappa shape index (κ1) is 30.8. The van der Waals surface area contributed by atoms with Crippen molar-refractivity contribution in [1.29, 1.82) is 0 Å². The van der Waals surface area contributed by atoms with Crippen LogP contribution >= 0.6 is 0 Å². The van der Waals surface area contributed by atoms with Gasteiger partial charge in [0.05, 0.1) is 0 Å². The summed E-state index contributed by atoms with van der Waals surface area (Å²) < 4.78 is 12.4. The van der Waals surface area contributed by atoms with Crippen LogP contribution < -0.4 is 14.8 Å². The van der Waals surface area contributed by atoms with Crippen molar-refractivity contribution < 1.29 is 9.47 Å². The zero-order valence-electron chi connectivity index (χ0n) is 24.9. The van der Waals surface area contributed by atoms with Gasteiger partial charge >= 0.3 is 0 Å². The molecule has 5 rings (SSSR count). The van der Waals surface area contributed by atoms with Crippen LogP contribution in [0.4, 0.5) is 0 Å². The first-order valence-electron chi connectivity index (χ1n) is 14.8. The molecule has 0 atom stereocenters. The second-order valence-corrected chi connectivity index (χ2v) is 10.8. The summed E-state index contributed by atoms with van der Waals surface area (Å²) in [5, 5.41) is 3.78. The first-order valence-corrected chi connectivity index (χ1v) is 14.8. The van der Waals surface area contributed by atoms with Gasteiger partial charge in [0.2, 0.25) is 0 Å². The molecule has 0 aromatic heterocycles. The third-order valence-electron chi connectivity index (χ3n) is 7.26. The molecule has 1 aliphatic heterocycles. The Morgan fingerprint density at radius 2 is 1.24 bits per heavy atom. The number of rotatable bonds is 12.